The van der Waals surface area contributed by atoms with Crippen LogP contribution in [-0.4, -0.2) is 26.0 Å². The molecule has 0 aliphatic carbocycles. The molecule has 1 aromatic carbocycles. The maximum Gasteiger partial charge on any atom is 0.348 e. The van der Waals surface area contributed by atoms with E-state index in [4.69, 9.17) is 9.88 Å². The van der Waals surface area contributed by atoms with Crippen molar-refractivity contribution in [3.05, 3.63) is 59.2 Å². The number of nitrogens with zero attached hydrogens (tertiary/aromatic N) is 1. The van der Waals surface area contributed by atoms with Gasteiger partial charge in [-0.3, -0.25) is 4.98 Å². The molecule has 3 aromatic rings. The smallest absolute Gasteiger partial charge is 0.348 e. The van der Waals surface area contributed by atoms with Gasteiger partial charge in [-0.25, -0.2) is 18.4 Å². The number of carbonyl (C=O) groups excluding carboxylic acids is 1. The van der Waals surface area contributed by atoms with Gasteiger partial charge in [-0.15, -0.1) is 11.3 Å². The first-order valence-corrected chi connectivity index (χ1v) is 10.5. The van der Waals surface area contributed by atoms with Crippen LogP contribution in [0.2, 0.25) is 0 Å². The number of carbonyl (C=O) groups is 1. The van der Waals surface area contributed by atoms with Gasteiger partial charge in [0.2, 0.25) is 10.0 Å². The number of nitrogens with two attached hydrogens (primary N) is 1. The van der Waals surface area contributed by atoms with Crippen molar-refractivity contribution < 1.29 is 17.9 Å². The molecule has 0 aliphatic heterocycles. The van der Waals surface area contributed by atoms with Crippen LogP contribution in [0.25, 0.3) is 21.6 Å². The lowest BCUT2D eigenvalue weighted by molar-refractivity contribution is 0.0533. The number of pyridine rings is 1. The summed E-state index contributed by atoms with van der Waals surface area (Å²) < 4.78 is 28.2. The summed E-state index contributed by atoms with van der Waals surface area (Å²) in [5, 5.41) is 5.17. The van der Waals surface area contributed by atoms with Crippen LogP contribution in [-0.2, 0) is 14.8 Å². The van der Waals surface area contributed by atoms with E-state index in [0.717, 1.165) is 21.6 Å². The van der Waals surface area contributed by atoms with Crippen molar-refractivity contribution in [2.45, 2.75) is 18.7 Å². The maximum atomic E-state index is 12.5. The van der Waals surface area contributed by atoms with Crippen LogP contribution in [0.15, 0.2) is 53.7 Å². The molecule has 0 spiro atoms. The molecule has 140 valence electrons. The molecule has 6 nitrogen and oxygen atoms in total. The molecular weight excluding hydrogens is 384 g/mol. The maximum absolute atomic E-state index is 12.5. The number of ether oxygens (including phenoxy) is 1. The van der Waals surface area contributed by atoms with Crippen LogP contribution < -0.4 is 5.14 Å². The van der Waals surface area contributed by atoms with E-state index in [9.17, 15) is 13.2 Å². The second-order valence-corrected chi connectivity index (χ2v) is 8.37. The van der Waals surface area contributed by atoms with Crippen molar-refractivity contribution in [3.8, 4) is 21.6 Å². The van der Waals surface area contributed by atoms with Crippen molar-refractivity contribution in [3.63, 3.8) is 0 Å². The van der Waals surface area contributed by atoms with Crippen molar-refractivity contribution in [2.24, 2.45) is 5.14 Å². The summed E-state index contributed by atoms with van der Waals surface area (Å²) in [6.45, 7) is 3.94. The highest BCUT2D eigenvalue weighted by atomic mass is 32.2. The van der Waals surface area contributed by atoms with Gasteiger partial charge in [-0.2, -0.15) is 0 Å². The molecule has 0 saturated carbocycles. The van der Waals surface area contributed by atoms with Crippen molar-refractivity contribution in [1.82, 2.24) is 4.98 Å². The largest absolute Gasteiger partial charge is 0.462 e. The molecule has 0 unspecified atom stereocenters. The number of aromatic nitrogens is 1. The second-order valence-electron chi connectivity index (χ2n) is 5.79. The Labute approximate surface area is 161 Å². The van der Waals surface area contributed by atoms with E-state index in [-0.39, 0.29) is 11.5 Å². The van der Waals surface area contributed by atoms with Gasteiger partial charge in [0.15, 0.2) is 0 Å². The first kappa shape index (κ1) is 19.2. The zero-order valence-corrected chi connectivity index (χ0v) is 16.4. The minimum Gasteiger partial charge on any atom is -0.462 e. The lowest BCUT2D eigenvalue weighted by Gasteiger charge is -2.07. The molecule has 27 heavy (non-hydrogen) atoms. The summed E-state index contributed by atoms with van der Waals surface area (Å²) in [5.41, 5.74) is 3.24. The van der Waals surface area contributed by atoms with E-state index < -0.39 is 16.0 Å². The molecule has 0 saturated heterocycles. The topological polar surface area (TPSA) is 99.3 Å². The van der Waals surface area contributed by atoms with Crippen LogP contribution in [0.1, 0.15) is 22.2 Å². The molecule has 0 amide bonds. The summed E-state index contributed by atoms with van der Waals surface area (Å²) >= 11 is 1.33. The van der Waals surface area contributed by atoms with E-state index in [1.54, 1.807) is 31.5 Å². The van der Waals surface area contributed by atoms with E-state index in [0.29, 0.717) is 10.4 Å². The molecule has 0 aliphatic rings. The summed E-state index contributed by atoms with van der Waals surface area (Å²) in [5.74, 6) is -0.411. The monoisotopic (exact) mass is 402 g/mol. The second kappa shape index (κ2) is 7.59. The summed E-state index contributed by atoms with van der Waals surface area (Å²) in [6.07, 6.45) is 3.42. The highest BCUT2D eigenvalue weighted by Crippen LogP contribution is 2.42. The Hall–Kier alpha value is -2.55. The first-order valence-electron chi connectivity index (χ1n) is 8.17. The Morgan fingerprint density at radius 3 is 2.44 bits per heavy atom. The summed E-state index contributed by atoms with van der Waals surface area (Å²) in [6, 6.07) is 9.91. The molecule has 2 aromatic heterocycles. The molecule has 0 bridgehead atoms. The molecule has 0 radical (unpaired) electrons. The Morgan fingerprint density at radius 1 is 1.19 bits per heavy atom. The van der Waals surface area contributed by atoms with Gasteiger partial charge in [0, 0.05) is 28.4 Å². The Kier molecular flexibility index (Phi) is 5.41. The van der Waals surface area contributed by atoms with Crippen molar-refractivity contribution >= 4 is 27.3 Å². The minimum absolute atomic E-state index is 0.0179. The van der Waals surface area contributed by atoms with Crippen LogP contribution in [0.5, 0.6) is 0 Å². The van der Waals surface area contributed by atoms with E-state index in [2.05, 4.69) is 4.98 Å². The molecular formula is C19H18N2O4S2. The lowest BCUT2D eigenvalue weighted by Crippen LogP contribution is -2.11. The molecule has 8 heteroatoms. The number of sulfonamides is 1. The normalized spacial score (nSPS) is 11.4. The van der Waals surface area contributed by atoms with Gasteiger partial charge in [0.1, 0.15) is 4.88 Å². The number of hydrogen-bond donors (Lipinski definition) is 1. The van der Waals surface area contributed by atoms with E-state index in [1.807, 2.05) is 19.1 Å². The van der Waals surface area contributed by atoms with E-state index >= 15 is 0 Å². The lowest BCUT2D eigenvalue weighted by atomic mass is 9.99. The van der Waals surface area contributed by atoms with Crippen molar-refractivity contribution in [2.75, 3.05) is 6.61 Å². The van der Waals surface area contributed by atoms with Crippen LogP contribution in [0.3, 0.4) is 0 Å². The number of primary sulfonamides is 1. The average Bonchev–Trinajstić information content (AvgIpc) is 2.99. The van der Waals surface area contributed by atoms with Gasteiger partial charge in [0.25, 0.3) is 0 Å². The van der Waals surface area contributed by atoms with Crippen LogP contribution >= 0.6 is 11.3 Å². The van der Waals surface area contributed by atoms with E-state index in [1.165, 1.54) is 23.5 Å². The molecule has 2 heterocycles. The number of hydrogen-bond acceptors (Lipinski definition) is 6. The Morgan fingerprint density at radius 2 is 1.89 bits per heavy atom. The van der Waals surface area contributed by atoms with Crippen molar-refractivity contribution in [1.29, 1.82) is 0 Å². The number of esters is 1. The number of thiophene rings is 1. The third-order valence-corrected chi connectivity index (χ3v) is 6.25. The fraction of sp³-hybridized carbons (Fsp3) is 0.158. The predicted octanol–water partition coefficient (Wildman–Crippen LogP) is 3.61. The highest BCUT2D eigenvalue weighted by molar-refractivity contribution is 7.89. The zero-order chi connectivity index (χ0) is 19.6. The molecule has 0 atom stereocenters. The fourth-order valence-electron chi connectivity index (χ4n) is 2.79. The summed E-state index contributed by atoms with van der Waals surface area (Å²) in [7, 11) is -3.78. The highest BCUT2D eigenvalue weighted by Gasteiger charge is 2.23. The number of benzene rings is 1. The summed E-state index contributed by atoms with van der Waals surface area (Å²) in [4.78, 5) is 18.1. The zero-order valence-electron chi connectivity index (χ0n) is 14.8. The standard InChI is InChI=1S/C19H18N2O4S2/c1-3-25-19(22)18-16(13-6-8-15(9-7-13)27(20,23)24)12(2)17(26-18)14-5-4-10-21-11-14/h4-11H,3H2,1-2H3,(H2,20,23,24). The van der Waals surface area contributed by atoms with Gasteiger partial charge >= 0.3 is 5.97 Å². The Bertz CT molecular complexity index is 1070. The quantitative estimate of drug-likeness (QED) is 0.657. The Balaban J connectivity index is 2.18. The predicted molar refractivity (Wildman–Crippen MR) is 105 cm³/mol. The number of rotatable bonds is 5. The molecule has 3 rings (SSSR count). The SMILES string of the molecule is CCOC(=O)c1sc(-c2cccnc2)c(C)c1-c1ccc(S(N)(=O)=O)cc1. The van der Waals surface area contributed by atoms with Gasteiger partial charge in [-0.1, -0.05) is 18.2 Å². The van der Waals surface area contributed by atoms with Crippen LogP contribution in [0.4, 0.5) is 0 Å². The van der Waals surface area contributed by atoms with Gasteiger partial charge < -0.3 is 4.74 Å². The molecule has 2 N–H and O–H groups in total. The first-order chi connectivity index (χ1) is 12.8. The van der Waals surface area contributed by atoms with Crippen LogP contribution in [0, 0.1) is 6.92 Å². The average molecular weight is 402 g/mol. The van der Waals surface area contributed by atoms with Gasteiger partial charge in [-0.05, 0) is 43.2 Å². The molecule has 0 fully saturated rings. The third kappa shape index (κ3) is 3.92. The fourth-order valence-corrected chi connectivity index (χ4v) is 4.51. The minimum atomic E-state index is -3.78. The van der Waals surface area contributed by atoms with Gasteiger partial charge in [0.05, 0.1) is 11.5 Å². The third-order valence-electron chi connectivity index (χ3n) is 4.00.